The van der Waals surface area contributed by atoms with Crippen molar-refractivity contribution in [3.63, 3.8) is 0 Å². The Hall–Kier alpha value is -1.59. The summed E-state index contributed by atoms with van der Waals surface area (Å²) in [7, 11) is 6.18. The Morgan fingerprint density at radius 3 is 2.35 bits per heavy atom. The Kier molecular flexibility index (Phi) is 8.92. The molecule has 5 heteroatoms. The molecule has 0 aromatic heterocycles. The lowest BCUT2D eigenvalue weighted by Gasteiger charge is -2.32. The van der Waals surface area contributed by atoms with E-state index in [2.05, 4.69) is 70.3 Å². The number of piperazine rings is 1. The molecule has 1 aliphatic rings. The summed E-state index contributed by atoms with van der Waals surface area (Å²) in [6.07, 6.45) is 3.52. The van der Waals surface area contributed by atoms with Crippen molar-refractivity contribution in [2.45, 2.75) is 32.7 Å². The molecule has 0 atom stereocenters. The Morgan fingerprint density at radius 2 is 1.73 bits per heavy atom. The molecule has 26 heavy (non-hydrogen) atoms. The molecule has 0 aliphatic carbocycles. The minimum Gasteiger partial charge on any atom is -0.356 e. The molecule has 0 spiro atoms. The lowest BCUT2D eigenvalue weighted by atomic mass is 10.1. The third-order valence-electron chi connectivity index (χ3n) is 5.20. The van der Waals surface area contributed by atoms with Crippen LogP contribution in [-0.4, -0.2) is 81.1 Å². The van der Waals surface area contributed by atoms with E-state index in [1.54, 1.807) is 0 Å². The van der Waals surface area contributed by atoms with E-state index in [1.807, 2.05) is 7.05 Å². The van der Waals surface area contributed by atoms with E-state index < -0.39 is 0 Å². The van der Waals surface area contributed by atoms with Gasteiger partial charge in [-0.3, -0.25) is 4.99 Å². The molecule has 1 heterocycles. The highest BCUT2D eigenvalue weighted by Gasteiger charge is 2.12. The summed E-state index contributed by atoms with van der Waals surface area (Å²) >= 11 is 0. The first-order chi connectivity index (χ1) is 12.6. The van der Waals surface area contributed by atoms with Crippen LogP contribution in [0.1, 0.15) is 30.9 Å². The Balaban J connectivity index is 1.64. The van der Waals surface area contributed by atoms with Crippen LogP contribution in [0.25, 0.3) is 0 Å². The summed E-state index contributed by atoms with van der Waals surface area (Å²) in [6.45, 7) is 10.1. The first kappa shape index (κ1) is 20.7. The Bertz CT molecular complexity index is 532. The van der Waals surface area contributed by atoms with Gasteiger partial charge in [-0.15, -0.1) is 0 Å². The van der Waals surface area contributed by atoms with Crippen LogP contribution in [-0.2, 0) is 13.0 Å². The standard InChI is InChI=1S/C21H37N5/c1-5-19-8-10-20(11-9-19)18-25(4)21(22-2)23-12-6-7-13-26-16-14-24(3)15-17-26/h8-11H,5-7,12-18H2,1-4H3,(H,22,23). The normalized spacial score (nSPS) is 16.7. The highest BCUT2D eigenvalue weighted by atomic mass is 15.3. The van der Waals surface area contributed by atoms with Gasteiger partial charge in [-0.25, -0.2) is 0 Å². The van der Waals surface area contributed by atoms with E-state index in [9.17, 15) is 0 Å². The lowest BCUT2D eigenvalue weighted by Crippen LogP contribution is -2.44. The molecule has 0 saturated carbocycles. The van der Waals surface area contributed by atoms with Crippen LogP contribution >= 0.6 is 0 Å². The maximum Gasteiger partial charge on any atom is 0.193 e. The zero-order chi connectivity index (χ0) is 18.8. The molecule has 1 saturated heterocycles. The van der Waals surface area contributed by atoms with Crippen LogP contribution in [0.15, 0.2) is 29.3 Å². The van der Waals surface area contributed by atoms with Gasteiger partial charge in [-0.05, 0) is 44.0 Å². The topological polar surface area (TPSA) is 34.1 Å². The maximum absolute atomic E-state index is 4.43. The van der Waals surface area contributed by atoms with E-state index >= 15 is 0 Å². The summed E-state index contributed by atoms with van der Waals surface area (Å²) in [5.74, 6) is 0.976. The number of guanidine groups is 1. The summed E-state index contributed by atoms with van der Waals surface area (Å²) in [6, 6.07) is 8.88. The number of aryl methyl sites for hydroxylation is 1. The minimum absolute atomic E-state index is 0.880. The number of nitrogens with one attached hydrogen (secondary N) is 1. The van der Waals surface area contributed by atoms with Gasteiger partial charge in [-0.1, -0.05) is 31.2 Å². The minimum atomic E-state index is 0.880. The van der Waals surface area contributed by atoms with Gasteiger partial charge in [-0.2, -0.15) is 0 Å². The van der Waals surface area contributed by atoms with Gasteiger partial charge >= 0.3 is 0 Å². The third-order valence-corrected chi connectivity index (χ3v) is 5.20. The number of hydrogen-bond acceptors (Lipinski definition) is 3. The molecular weight excluding hydrogens is 322 g/mol. The number of unbranched alkanes of at least 4 members (excludes halogenated alkanes) is 1. The van der Waals surface area contributed by atoms with Crippen molar-refractivity contribution >= 4 is 5.96 Å². The summed E-state index contributed by atoms with van der Waals surface area (Å²) in [4.78, 5) is 11.6. The van der Waals surface area contributed by atoms with Crippen molar-refractivity contribution < 1.29 is 0 Å². The van der Waals surface area contributed by atoms with Gasteiger partial charge in [0.05, 0.1) is 0 Å². The van der Waals surface area contributed by atoms with Gasteiger partial charge in [0, 0.05) is 53.4 Å². The quantitative estimate of drug-likeness (QED) is 0.439. The fourth-order valence-electron chi connectivity index (χ4n) is 3.35. The van der Waals surface area contributed by atoms with E-state index in [-0.39, 0.29) is 0 Å². The second-order valence-electron chi connectivity index (χ2n) is 7.35. The third kappa shape index (κ3) is 6.96. The largest absolute Gasteiger partial charge is 0.356 e. The molecule has 0 bridgehead atoms. The van der Waals surface area contributed by atoms with Crippen molar-refractivity contribution in [1.29, 1.82) is 0 Å². The highest BCUT2D eigenvalue weighted by molar-refractivity contribution is 5.79. The van der Waals surface area contributed by atoms with Crippen LogP contribution in [0.4, 0.5) is 0 Å². The van der Waals surface area contributed by atoms with Crippen molar-refractivity contribution in [1.82, 2.24) is 20.0 Å². The number of aliphatic imine (C=N–C) groups is 1. The average molecular weight is 360 g/mol. The van der Waals surface area contributed by atoms with Crippen LogP contribution in [0.2, 0.25) is 0 Å². The number of rotatable bonds is 8. The zero-order valence-corrected chi connectivity index (χ0v) is 17.2. The first-order valence-electron chi connectivity index (χ1n) is 10.0. The molecule has 1 N–H and O–H groups in total. The Morgan fingerprint density at radius 1 is 1.08 bits per heavy atom. The SMILES string of the molecule is CCc1ccc(CN(C)C(=NC)NCCCCN2CCN(C)CC2)cc1. The highest BCUT2D eigenvalue weighted by Crippen LogP contribution is 2.07. The predicted octanol–water partition coefficient (Wildman–Crippen LogP) is 2.28. The molecule has 1 aromatic carbocycles. The monoisotopic (exact) mass is 359 g/mol. The zero-order valence-electron chi connectivity index (χ0n) is 17.2. The molecule has 146 valence electrons. The molecule has 2 rings (SSSR count). The molecule has 5 nitrogen and oxygen atoms in total. The number of hydrogen-bond donors (Lipinski definition) is 1. The van der Waals surface area contributed by atoms with Crippen molar-refractivity contribution in [3.05, 3.63) is 35.4 Å². The second-order valence-corrected chi connectivity index (χ2v) is 7.35. The first-order valence-corrected chi connectivity index (χ1v) is 10.0. The molecular formula is C21H37N5. The van der Waals surface area contributed by atoms with Gasteiger partial charge in [0.1, 0.15) is 0 Å². The maximum atomic E-state index is 4.43. The summed E-state index contributed by atoms with van der Waals surface area (Å²) < 4.78 is 0. The van der Waals surface area contributed by atoms with Gasteiger partial charge in [0.25, 0.3) is 0 Å². The molecule has 1 aliphatic heterocycles. The molecule has 0 unspecified atom stereocenters. The summed E-state index contributed by atoms with van der Waals surface area (Å²) in [5, 5.41) is 3.51. The van der Waals surface area contributed by atoms with E-state index in [0.717, 1.165) is 25.5 Å². The number of nitrogens with zero attached hydrogens (tertiary/aromatic N) is 4. The number of likely N-dealkylation sites (N-methyl/N-ethyl adjacent to an activating group) is 1. The van der Waals surface area contributed by atoms with Crippen molar-refractivity contribution in [3.8, 4) is 0 Å². The number of benzene rings is 1. The second kappa shape index (κ2) is 11.2. The van der Waals surface area contributed by atoms with Gasteiger partial charge in [0.15, 0.2) is 5.96 Å². The van der Waals surface area contributed by atoms with Crippen LogP contribution < -0.4 is 5.32 Å². The summed E-state index contributed by atoms with van der Waals surface area (Å²) in [5.41, 5.74) is 2.71. The van der Waals surface area contributed by atoms with E-state index in [0.29, 0.717) is 0 Å². The van der Waals surface area contributed by atoms with E-state index in [1.165, 1.54) is 56.7 Å². The van der Waals surface area contributed by atoms with Crippen LogP contribution in [0.3, 0.4) is 0 Å². The van der Waals surface area contributed by atoms with E-state index in [4.69, 9.17) is 0 Å². The lowest BCUT2D eigenvalue weighted by molar-refractivity contribution is 0.152. The smallest absolute Gasteiger partial charge is 0.193 e. The van der Waals surface area contributed by atoms with Crippen LogP contribution in [0.5, 0.6) is 0 Å². The molecule has 1 aromatic rings. The molecule has 0 amide bonds. The van der Waals surface area contributed by atoms with Crippen molar-refractivity contribution in [2.24, 2.45) is 4.99 Å². The molecule has 1 fully saturated rings. The van der Waals surface area contributed by atoms with Gasteiger partial charge in [0.2, 0.25) is 0 Å². The van der Waals surface area contributed by atoms with Crippen molar-refractivity contribution in [2.75, 3.05) is 60.4 Å². The fourth-order valence-corrected chi connectivity index (χ4v) is 3.35. The Labute approximate surface area is 160 Å². The van der Waals surface area contributed by atoms with Gasteiger partial charge < -0.3 is 20.0 Å². The molecule has 0 radical (unpaired) electrons. The average Bonchev–Trinajstić information content (AvgIpc) is 2.66. The predicted molar refractivity (Wildman–Crippen MR) is 112 cm³/mol. The fraction of sp³-hybridized carbons (Fsp3) is 0.667. The van der Waals surface area contributed by atoms with Crippen LogP contribution in [0, 0.1) is 0 Å².